The quantitative estimate of drug-likeness (QED) is 0.420. The van der Waals surface area contributed by atoms with E-state index in [1.165, 1.54) is 26.9 Å². The van der Waals surface area contributed by atoms with Gasteiger partial charge in [-0.2, -0.15) is 0 Å². The van der Waals surface area contributed by atoms with E-state index >= 15 is 0 Å². The van der Waals surface area contributed by atoms with E-state index in [1.807, 2.05) is 12.1 Å². The van der Waals surface area contributed by atoms with Crippen LogP contribution in [-0.2, 0) is 19.6 Å². The molecule has 0 radical (unpaired) electrons. The number of fused-ring (bicyclic) bond motifs is 1. The van der Waals surface area contributed by atoms with Gasteiger partial charge in [0.1, 0.15) is 13.2 Å². The number of methoxy groups -OCH3 is 1. The first-order chi connectivity index (χ1) is 13.8. The first kappa shape index (κ1) is 18.6. The SMILES string of the molecule is COc1cc(C[NH2+]CCc2c[nH]c3ccccc23)ccc1OCc1cccs1. The van der Waals surface area contributed by atoms with E-state index in [2.05, 4.69) is 64.3 Å². The minimum absolute atomic E-state index is 0.574. The number of rotatable bonds is 9. The van der Waals surface area contributed by atoms with Crippen molar-refractivity contribution < 1.29 is 14.8 Å². The number of quaternary nitrogens is 1. The predicted octanol–water partition coefficient (Wildman–Crippen LogP) is 4.12. The van der Waals surface area contributed by atoms with Gasteiger partial charge in [0.15, 0.2) is 11.5 Å². The molecule has 3 N–H and O–H groups in total. The molecule has 4 aromatic rings. The van der Waals surface area contributed by atoms with Crippen LogP contribution in [0.5, 0.6) is 11.5 Å². The minimum Gasteiger partial charge on any atom is -0.493 e. The molecule has 2 heterocycles. The Morgan fingerprint density at radius 3 is 2.82 bits per heavy atom. The molecule has 0 bridgehead atoms. The van der Waals surface area contributed by atoms with Crippen LogP contribution in [0.4, 0.5) is 0 Å². The molecular weight excluding hydrogens is 368 g/mol. The maximum absolute atomic E-state index is 5.91. The van der Waals surface area contributed by atoms with Gasteiger partial charge in [-0.1, -0.05) is 24.3 Å². The van der Waals surface area contributed by atoms with E-state index in [1.54, 1.807) is 18.4 Å². The molecule has 0 atom stereocenters. The van der Waals surface area contributed by atoms with Crippen LogP contribution >= 0.6 is 11.3 Å². The summed E-state index contributed by atoms with van der Waals surface area (Å²) < 4.78 is 11.4. The number of aromatic amines is 1. The third-order valence-corrected chi connectivity index (χ3v) is 5.70. The van der Waals surface area contributed by atoms with Gasteiger partial charge in [-0.25, -0.2) is 0 Å². The standard InChI is InChI=1S/C23H24N2O2S/c1-26-23-13-17(8-9-22(23)27-16-19-5-4-12-28-19)14-24-11-10-18-15-25-21-7-3-2-6-20(18)21/h2-9,12-13,15,24-25H,10-11,14,16H2,1H3/p+1. The zero-order valence-corrected chi connectivity index (χ0v) is 16.8. The molecule has 144 valence electrons. The predicted molar refractivity (Wildman–Crippen MR) is 114 cm³/mol. The Morgan fingerprint density at radius 1 is 1.04 bits per heavy atom. The first-order valence-corrected chi connectivity index (χ1v) is 10.4. The van der Waals surface area contributed by atoms with E-state index in [9.17, 15) is 0 Å². The number of thiophene rings is 1. The Morgan fingerprint density at radius 2 is 1.96 bits per heavy atom. The molecule has 0 aliphatic heterocycles. The number of hydrogen-bond donors (Lipinski definition) is 2. The van der Waals surface area contributed by atoms with Crippen molar-refractivity contribution >= 4 is 22.2 Å². The van der Waals surface area contributed by atoms with Gasteiger partial charge in [-0.05, 0) is 41.3 Å². The molecule has 4 nitrogen and oxygen atoms in total. The summed E-state index contributed by atoms with van der Waals surface area (Å²) in [5.41, 5.74) is 3.82. The number of nitrogens with two attached hydrogens (primary N) is 1. The van der Waals surface area contributed by atoms with E-state index in [0.717, 1.165) is 31.0 Å². The number of H-pyrrole nitrogens is 1. The highest BCUT2D eigenvalue weighted by Crippen LogP contribution is 2.29. The van der Waals surface area contributed by atoms with Crippen molar-refractivity contribution in [3.05, 3.63) is 82.2 Å². The van der Waals surface area contributed by atoms with Gasteiger partial charge in [0, 0.05) is 34.0 Å². The first-order valence-electron chi connectivity index (χ1n) is 9.52. The number of hydrogen-bond acceptors (Lipinski definition) is 3. The summed E-state index contributed by atoms with van der Waals surface area (Å²) >= 11 is 1.70. The Balaban J connectivity index is 1.30. The van der Waals surface area contributed by atoms with E-state index in [0.29, 0.717) is 6.61 Å². The topological polar surface area (TPSA) is 50.9 Å². The second-order valence-electron chi connectivity index (χ2n) is 6.74. The van der Waals surface area contributed by atoms with Crippen LogP contribution in [0.15, 0.2) is 66.2 Å². The van der Waals surface area contributed by atoms with Crippen LogP contribution in [0.25, 0.3) is 10.9 Å². The number of ether oxygens (including phenoxy) is 2. The molecule has 0 spiro atoms. The van der Waals surface area contributed by atoms with Crippen LogP contribution in [0.2, 0.25) is 0 Å². The Bertz CT molecular complexity index is 1020. The van der Waals surface area contributed by atoms with Crippen LogP contribution < -0.4 is 14.8 Å². The molecule has 0 fully saturated rings. The molecule has 0 amide bonds. The van der Waals surface area contributed by atoms with E-state index < -0.39 is 0 Å². The third-order valence-electron chi connectivity index (χ3n) is 4.85. The molecule has 28 heavy (non-hydrogen) atoms. The zero-order chi connectivity index (χ0) is 19.2. The average Bonchev–Trinajstić information content (AvgIpc) is 3.40. The van der Waals surface area contributed by atoms with Crippen LogP contribution in [0.1, 0.15) is 16.0 Å². The monoisotopic (exact) mass is 393 g/mol. The minimum atomic E-state index is 0.574. The zero-order valence-electron chi connectivity index (χ0n) is 16.0. The van der Waals surface area contributed by atoms with Gasteiger partial charge in [0.25, 0.3) is 0 Å². The molecule has 0 unspecified atom stereocenters. The average molecular weight is 394 g/mol. The highest BCUT2D eigenvalue weighted by molar-refractivity contribution is 7.09. The lowest BCUT2D eigenvalue weighted by Gasteiger charge is -2.11. The largest absolute Gasteiger partial charge is 0.493 e. The van der Waals surface area contributed by atoms with Gasteiger partial charge in [0.2, 0.25) is 0 Å². The molecule has 0 saturated heterocycles. The van der Waals surface area contributed by atoms with Crippen molar-refractivity contribution in [2.75, 3.05) is 13.7 Å². The number of aromatic nitrogens is 1. The molecule has 0 saturated carbocycles. The molecule has 5 heteroatoms. The molecule has 2 aromatic carbocycles. The summed E-state index contributed by atoms with van der Waals surface area (Å²) in [5.74, 6) is 1.58. The third kappa shape index (κ3) is 4.38. The lowest BCUT2D eigenvalue weighted by molar-refractivity contribution is -0.670. The highest BCUT2D eigenvalue weighted by Gasteiger charge is 2.08. The molecule has 0 aliphatic carbocycles. The van der Waals surface area contributed by atoms with Gasteiger partial charge in [-0.3, -0.25) is 0 Å². The van der Waals surface area contributed by atoms with Gasteiger partial charge < -0.3 is 19.8 Å². The molecular formula is C23H25N2O2S+. The van der Waals surface area contributed by atoms with Crippen molar-refractivity contribution in [2.24, 2.45) is 0 Å². The maximum atomic E-state index is 5.91. The summed E-state index contributed by atoms with van der Waals surface area (Å²) in [6.45, 7) is 2.54. The molecule has 4 rings (SSSR count). The number of para-hydroxylation sites is 1. The lowest BCUT2D eigenvalue weighted by atomic mass is 10.1. The van der Waals surface area contributed by atoms with Crippen LogP contribution in [0.3, 0.4) is 0 Å². The maximum Gasteiger partial charge on any atom is 0.161 e. The fourth-order valence-electron chi connectivity index (χ4n) is 3.37. The van der Waals surface area contributed by atoms with Gasteiger partial charge in [-0.15, -0.1) is 11.3 Å². The summed E-state index contributed by atoms with van der Waals surface area (Å²) in [6, 6.07) is 18.8. The lowest BCUT2D eigenvalue weighted by Crippen LogP contribution is -2.83. The summed E-state index contributed by atoms with van der Waals surface area (Å²) in [6.07, 6.45) is 3.17. The normalized spacial score (nSPS) is 11.0. The van der Waals surface area contributed by atoms with Crippen molar-refractivity contribution in [1.29, 1.82) is 0 Å². The van der Waals surface area contributed by atoms with Crippen molar-refractivity contribution in [2.45, 2.75) is 19.6 Å². The van der Waals surface area contributed by atoms with Gasteiger partial charge >= 0.3 is 0 Å². The Kier molecular flexibility index (Phi) is 5.95. The summed E-state index contributed by atoms with van der Waals surface area (Å²) in [4.78, 5) is 4.55. The second kappa shape index (κ2) is 8.95. The Labute approximate surface area is 169 Å². The summed E-state index contributed by atoms with van der Waals surface area (Å²) in [7, 11) is 1.69. The summed E-state index contributed by atoms with van der Waals surface area (Å²) in [5, 5.41) is 5.72. The van der Waals surface area contributed by atoms with Crippen molar-refractivity contribution in [1.82, 2.24) is 4.98 Å². The second-order valence-corrected chi connectivity index (χ2v) is 7.78. The van der Waals surface area contributed by atoms with Gasteiger partial charge in [0.05, 0.1) is 13.7 Å². The highest BCUT2D eigenvalue weighted by atomic mass is 32.1. The number of benzene rings is 2. The smallest absolute Gasteiger partial charge is 0.161 e. The number of nitrogens with one attached hydrogen (secondary N) is 1. The molecule has 2 aromatic heterocycles. The van der Waals surface area contributed by atoms with Crippen LogP contribution in [-0.4, -0.2) is 18.6 Å². The fraction of sp³-hybridized carbons (Fsp3) is 0.217. The van der Waals surface area contributed by atoms with E-state index in [4.69, 9.17) is 9.47 Å². The van der Waals surface area contributed by atoms with Crippen LogP contribution in [0, 0.1) is 0 Å². The van der Waals surface area contributed by atoms with E-state index in [-0.39, 0.29) is 0 Å². The van der Waals surface area contributed by atoms with Crippen molar-refractivity contribution in [3.63, 3.8) is 0 Å². The van der Waals surface area contributed by atoms with Crippen molar-refractivity contribution in [3.8, 4) is 11.5 Å². The molecule has 0 aliphatic rings. The Hall–Kier alpha value is -2.76. The fourth-order valence-corrected chi connectivity index (χ4v) is 3.98.